The van der Waals surface area contributed by atoms with E-state index in [1.165, 1.54) is 18.5 Å². The van der Waals surface area contributed by atoms with Crippen LogP contribution in [0.2, 0.25) is 10.0 Å². The van der Waals surface area contributed by atoms with Gasteiger partial charge < -0.3 is 14.2 Å². The second-order valence-corrected chi connectivity index (χ2v) is 11.8. The van der Waals surface area contributed by atoms with Crippen molar-refractivity contribution in [3.8, 4) is 5.75 Å². The van der Waals surface area contributed by atoms with E-state index in [4.69, 9.17) is 37.4 Å². The molecule has 0 fully saturated rings. The number of benzene rings is 1. The Labute approximate surface area is 218 Å². The van der Waals surface area contributed by atoms with E-state index >= 15 is 0 Å². The normalized spacial score (nSPS) is 14.6. The lowest BCUT2D eigenvalue weighted by molar-refractivity contribution is -0.157. The van der Waals surface area contributed by atoms with E-state index in [1.54, 1.807) is 34.6 Å². The van der Waals surface area contributed by atoms with Crippen molar-refractivity contribution in [1.29, 1.82) is 0 Å². The summed E-state index contributed by atoms with van der Waals surface area (Å²) in [6, 6.07) is 2.64. The van der Waals surface area contributed by atoms with Crippen LogP contribution < -0.4 is 4.74 Å². The molecule has 2 aromatic rings. The number of aromatic nitrogens is 1. The third-order valence-corrected chi connectivity index (χ3v) is 7.19. The van der Waals surface area contributed by atoms with Gasteiger partial charge in [-0.1, -0.05) is 37.0 Å². The fraction of sp³-hybridized carbons (Fsp3) is 0.391. The van der Waals surface area contributed by atoms with E-state index in [0.29, 0.717) is 9.87 Å². The van der Waals surface area contributed by atoms with Crippen LogP contribution in [0.4, 0.5) is 0 Å². The number of carbonyl (C=O) groups excluding carboxylic acids is 3. The highest BCUT2D eigenvalue weighted by molar-refractivity contribution is 7.90. The molecule has 13 heteroatoms. The van der Waals surface area contributed by atoms with Gasteiger partial charge in [-0.05, 0) is 38.3 Å². The molecule has 1 aromatic carbocycles. The Morgan fingerprint density at radius 3 is 2.28 bits per heavy atom. The standard InChI is InChI=1S/C23H24Cl2N2O8S/c1-12(2)14-6-13(33-10-18(28)35-23(3,4)5)7-17-19(14)21(29)27(36(17,31)32)11-34-22(30)20-15(24)8-26-9-16(20)25/h6-9,12H,10-11H2,1-5H3. The SMILES string of the molecule is CC(C)c1cc(OCC(=O)OC(C)(C)C)cc2c1C(=O)N(COC(=O)c1c(Cl)cncc1Cl)S2(=O)=O. The van der Waals surface area contributed by atoms with Crippen LogP contribution in [-0.2, 0) is 24.3 Å². The Hall–Kier alpha value is -2.89. The molecule has 1 amide bonds. The predicted octanol–water partition coefficient (Wildman–Crippen LogP) is 4.19. The van der Waals surface area contributed by atoms with Gasteiger partial charge in [0, 0.05) is 18.5 Å². The molecule has 3 rings (SSSR count). The fourth-order valence-electron chi connectivity index (χ4n) is 3.37. The Bertz CT molecular complexity index is 1320. The summed E-state index contributed by atoms with van der Waals surface area (Å²) in [6.07, 6.45) is 2.34. The van der Waals surface area contributed by atoms with Crippen molar-refractivity contribution < 1.29 is 37.0 Å². The summed E-state index contributed by atoms with van der Waals surface area (Å²) in [7, 11) is -4.41. The summed E-state index contributed by atoms with van der Waals surface area (Å²) < 4.78 is 42.7. The average molecular weight is 559 g/mol. The summed E-state index contributed by atoms with van der Waals surface area (Å²) in [6.45, 7) is 7.27. The van der Waals surface area contributed by atoms with Crippen molar-refractivity contribution in [2.24, 2.45) is 0 Å². The Morgan fingerprint density at radius 2 is 1.72 bits per heavy atom. The van der Waals surface area contributed by atoms with E-state index in [-0.39, 0.29) is 37.7 Å². The van der Waals surface area contributed by atoms with Gasteiger partial charge in [-0.3, -0.25) is 9.78 Å². The molecule has 10 nitrogen and oxygen atoms in total. The number of pyridine rings is 1. The zero-order valence-corrected chi connectivity index (χ0v) is 22.5. The van der Waals surface area contributed by atoms with E-state index in [1.807, 2.05) is 0 Å². The largest absolute Gasteiger partial charge is 0.482 e. The number of halogens is 2. The number of ether oxygens (including phenoxy) is 3. The van der Waals surface area contributed by atoms with Crippen LogP contribution in [0.25, 0.3) is 0 Å². The number of fused-ring (bicyclic) bond motifs is 1. The average Bonchev–Trinajstić information content (AvgIpc) is 2.94. The second kappa shape index (κ2) is 10.2. The number of carbonyl (C=O) groups is 3. The zero-order valence-electron chi connectivity index (χ0n) is 20.1. The quantitative estimate of drug-likeness (QED) is 0.459. The molecule has 0 saturated carbocycles. The van der Waals surface area contributed by atoms with Gasteiger partial charge in [0.25, 0.3) is 15.9 Å². The van der Waals surface area contributed by atoms with Gasteiger partial charge in [0.1, 0.15) is 21.8 Å². The number of esters is 2. The molecule has 0 radical (unpaired) electrons. The van der Waals surface area contributed by atoms with Gasteiger partial charge >= 0.3 is 11.9 Å². The lowest BCUT2D eigenvalue weighted by Crippen LogP contribution is -2.33. The van der Waals surface area contributed by atoms with Gasteiger partial charge in [0.2, 0.25) is 0 Å². The molecular formula is C23H24Cl2N2O8S. The second-order valence-electron chi connectivity index (χ2n) is 9.11. The monoisotopic (exact) mass is 558 g/mol. The van der Waals surface area contributed by atoms with Crippen LogP contribution in [0.5, 0.6) is 5.75 Å². The van der Waals surface area contributed by atoms with Crippen molar-refractivity contribution in [3.05, 3.63) is 51.3 Å². The smallest absolute Gasteiger partial charge is 0.344 e. The molecule has 1 aliphatic rings. The van der Waals surface area contributed by atoms with Gasteiger partial charge in [0.15, 0.2) is 13.3 Å². The molecule has 194 valence electrons. The molecule has 0 unspecified atom stereocenters. The summed E-state index contributed by atoms with van der Waals surface area (Å²) in [5, 5.41) is -0.194. The maximum absolute atomic E-state index is 13.2. The summed E-state index contributed by atoms with van der Waals surface area (Å²) in [5.74, 6) is -2.76. The van der Waals surface area contributed by atoms with Crippen molar-refractivity contribution in [2.75, 3.05) is 13.3 Å². The maximum atomic E-state index is 13.2. The Kier molecular flexibility index (Phi) is 7.87. The third kappa shape index (κ3) is 5.74. The van der Waals surface area contributed by atoms with Crippen LogP contribution in [-0.4, -0.2) is 54.5 Å². The molecule has 36 heavy (non-hydrogen) atoms. The molecular weight excluding hydrogens is 535 g/mol. The zero-order chi connectivity index (χ0) is 27.0. The molecule has 2 heterocycles. The van der Waals surface area contributed by atoms with Crippen molar-refractivity contribution in [1.82, 2.24) is 9.29 Å². The number of hydrogen-bond acceptors (Lipinski definition) is 9. The number of sulfonamides is 1. The molecule has 0 bridgehead atoms. The summed E-state index contributed by atoms with van der Waals surface area (Å²) in [5.41, 5.74) is -0.615. The van der Waals surface area contributed by atoms with Gasteiger partial charge in [-0.15, -0.1) is 0 Å². The van der Waals surface area contributed by atoms with Gasteiger partial charge in [-0.2, -0.15) is 4.31 Å². The fourth-order valence-corrected chi connectivity index (χ4v) is 5.36. The van der Waals surface area contributed by atoms with Crippen LogP contribution in [0, 0.1) is 0 Å². The first-order valence-corrected chi connectivity index (χ1v) is 12.9. The minimum Gasteiger partial charge on any atom is -0.482 e. The maximum Gasteiger partial charge on any atom is 0.344 e. The molecule has 0 spiro atoms. The van der Waals surface area contributed by atoms with Crippen molar-refractivity contribution >= 4 is 51.1 Å². The summed E-state index contributed by atoms with van der Waals surface area (Å²) >= 11 is 11.9. The highest BCUT2D eigenvalue weighted by atomic mass is 35.5. The molecule has 0 aliphatic carbocycles. The minimum atomic E-state index is -4.41. The van der Waals surface area contributed by atoms with E-state index < -0.39 is 46.8 Å². The first-order chi connectivity index (χ1) is 16.6. The highest BCUT2D eigenvalue weighted by Crippen LogP contribution is 2.39. The first-order valence-electron chi connectivity index (χ1n) is 10.7. The molecule has 0 atom stereocenters. The topological polar surface area (TPSA) is 129 Å². The minimum absolute atomic E-state index is 0.0638. The number of rotatable bonds is 7. The number of hydrogen-bond donors (Lipinski definition) is 0. The number of nitrogens with zero attached hydrogens (tertiary/aromatic N) is 2. The van der Waals surface area contributed by atoms with Crippen LogP contribution in [0.3, 0.4) is 0 Å². The molecule has 0 saturated heterocycles. The molecule has 1 aliphatic heterocycles. The van der Waals surface area contributed by atoms with Crippen LogP contribution in [0.15, 0.2) is 29.4 Å². The van der Waals surface area contributed by atoms with Gasteiger partial charge in [0.05, 0.1) is 15.6 Å². The lowest BCUT2D eigenvalue weighted by Gasteiger charge is -2.19. The van der Waals surface area contributed by atoms with E-state index in [9.17, 15) is 22.8 Å². The third-order valence-electron chi connectivity index (χ3n) is 4.88. The van der Waals surface area contributed by atoms with Crippen LogP contribution in [0.1, 0.15) is 66.8 Å². The van der Waals surface area contributed by atoms with Crippen molar-refractivity contribution in [3.63, 3.8) is 0 Å². The van der Waals surface area contributed by atoms with Crippen LogP contribution >= 0.6 is 23.2 Å². The van der Waals surface area contributed by atoms with Gasteiger partial charge in [-0.25, -0.2) is 18.0 Å². The lowest BCUT2D eigenvalue weighted by atomic mass is 9.96. The predicted molar refractivity (Wildman–Crippen MR) is 130 cm³/mol. The molecule has 0 N–H and O–H groups in total. The summed E-state index contributed by atoms with van der Waals surface area (Å²) in [4.78, 5) is 41.1. The molecule has 1 aromatic heterocycles. The highest BCUT2D eigenvalue weighted by Gasteiger charge is 2.44. The Morgan fingerprint density at radius 1 is 1.11 bits per heavy atom. The Balaban J connectivity index is 1.88. The van der Waals surface area contributed by atoms with Crippen molar-refractivity contribution in [2.45, 2.75) is 51.0 Å². The van der Waals surface area contributed by atoms with E-state index in [0.717, 1.165) is 6.07 Å². The number of amides is 1. The first kappa shape index (κ1) is 27.7. The van der Waals surface area contributed by atoms with E-state index in [2.05, 4.69) is 4.98 Å².